The summed E-state index contributed by atoms with van der Waals surface area (Å²) in [6, 6.07) is 0.0893. The lowest BCUT2D eigenvalue weighted by Gasteiger charge is -2.37. The first-order valence-electron chi connectivity index (χ1n) is 6.43. The fourth-order valence-electron chi connectivity index (χ4n) is 1.52. The average molecular weight is 269 g/mol. The summed E-state index contributed by atoms with van der Waals surface area (Å²) in [5.41, 5.74) is 7.59. The predicted molar refractivity (Wildman–Crippen MR) is 80.3 cm³/mol. The third kappa shape index (κ3) is 3.53. The van der Waals surface area contributed by atoms with E-state index in [0.717, 1.165) is 17.1 Å². The first-order chi connectivity index (χ1) is 8.05. The molecule has 18 heavy (non-hydrogen) atoms. The molecule has 2 N–H and O–H groups in total. The van der Waals surface area contributed by atoms with Crippen LogP contribution in [0, 0.1) is 0 Å². The van der Waals surface area contributed by atoms with Gasteiger partial charge in [0.25, 0.3) is 0 Å². The topological polar surface area (TPSA) is 42.1 Å². The highest BCUT2D eigenvalue weighted by molar-refractivity contribution is 7.09. The summed E-state index contributed by atoms with van der Waals surface area (Å²) in [7, 11) is 4.14. The Bertz CT molecular complexity index is 388. The van der Waals surface area contributed by atoms with E-state index >= 15 is 0 Å². The molecule has 1 atom stereocenters. The minimum Gasteiger partial charge on any atom is -0.326 e. The van der Waals surface area contributed by atoms with Gasteiger partial charge in [0.1, 0.15) is 0 Å². The van der Waals surface area contributed by atoms with E-state index in [9.17, 15) is 0 Å². The molecule has 4 heteroatoms. The van der Waals surface area contributed by atoms with Crippen LogP contribution >= 0.6 is 11.3 Å². The predicted octanol–water partition coefficient (Wildman–Crippen LogP) is 2.65. The van der Waals surface area contributed by atoms with Crippen LogP contribution in [0.4, 0.5) is 0 Å². The lowest BCUT2D eigenvalue weighted by Crippen LogP contribution is -2.54. The van der Waals surface area contributed by atoms with Crippen molar-refractivity contribution in [1.82, 2.24) is 9.88 Å². The molecular weight excluding hydrogens is 242 g/mol. The third-order valence-corrected chi connectivity index (χ3v) is 4.65. The molecule has 0 spiro atoms. The normalized spacial score (nSPS) is 15.2. The van der Waals surface area contributed by atoms with Crippen LogP contribution in [-0.4, -0.2) is 35.6 Å². The summed E-state index contributed by atoms with van der Waals surface area (Å²) >= 11 is 1.72. The second-order valence-corrected chi connectivity index (χ2v) is 7.68. The van der Waals surface area contributed by atoms with Gasteiger partial charge in [-0.15, -0.1) is 11.3 Å². The number of likely N-dealkylation sites (N-methyl/N-ethyl adjacent to an activating group) is 1. The molecule has 1 aromatic heterocycles. The van der Waals surface area contributed by atoms with E-state index in [1.165, 1.54) is 0 Å². The standard InChI is InChI=1S/C14H27N3S/c1-13(2,3)11-9-18-12(16-11)8-10(15)14(4,5)17(6)7/h9-10H,8,15H2,1-7H3. The molecule has 1 aromatic rings. The maximum absolute atomic E-state index is 6.33. The van der Waals surface area contributed by atoms with Crippen molar-refractivity contribution in [1.29, 1.82) is 0 Å². The van der Waals surface area contributed by atoms with Gasteiger partial charge in [-0.2, -0.15) is 0 Å². The quantitative estimate of drug-likeness (QED) is 0.913. The lowest BCUT2D eigenvalue weighted by atomic mass is 9.91. The molecular formula is C14H27N3S. The number of hydrogen-bond donors (Lipinski definition) is 1. The number of aromatic nitrogens is 1. The minimum absolute atomic E-state index is 0.0203. The molecule has 3 nitrogen and oxygen atoms in total. The molecule has 104 valence electrons. The van der Waals surface area contributed by atoms with E-state index in [4.69, 9.17) is 10.7 Å². The largest absolute Gasteiger partial charge is 0.326 e. The minimum atomic E-state index is -0.0203. The SMILES string of the molecule is CN(C)C(C)(C)C(N)Cc1nc(C(C)(C)C)cs1. The van der Waals surface area contributed by atoms with Crippen LogP contribution < -0.4 is 5.73 Å². The van der Waals surface area contributed by atoms with Gasteiger partial charge in [0.05, 0.1) is 10.7 Å². The molecule has 0 bridgehead atoms. The Hall–Kier alpha value is -0.450. The second-order valence-electron chi connectivity index (χ2n) is 6.74. The van der Waals surface area contributed by atoms with Crippen molar-refractivity contribution < 1.29 is 0 Å². The number of rotatable bonds is 4. The monoisotopic (exact) mass is 269 g/mol. The van der Waals surface area contributed by atoms with Gasteiger partial charge in [-0.25, -0.2) is 4.98 Å². The number of nitrogens with zero attached hydrogens (tertiary/aromatic N) is 2. The van der Waals surface area contributed by atoms with Gasteiger partial charge in [-0.3, -0.25) is 0 Å². The molecule has 1 unspecified atom stereocenters. The first kappa shape index (κ1) is 15.6. The van der Waals surface area contributed by atoms with Crippen molar-refractivity contribution in [3.05, 3.63) is 16.1 Å². The van der Waals surface area contributed by atoms with Crippen molar-refractivity contribution >= 4 is 11.3 Å². The van der Waals surface area contributed by atoms with Crippen LogP contribution in [0.5, 0.6) is 0 Å². The molecule has 0 aliphatic carbocycles. The maximum Gasteiger partial charge on any atom is 0.0944 e. The van der Waals surface area contributed by atoms with Gasteiger partial charge < -0.3 is 10.6 Å². The van der Waals surface area contributed by atoms with Crippen LogP contribution in [0.3, 0.4) is 0 Å². The van der Waals surface area contributed by atoms with E-state index in [1.807, 2.05) is 0 Å². The van der Waals surface area contributed by atoms with E-state index < -0.39 is 0 Å². The van der Waals surface area contributed by atoms with Crippen LogP contribution in [0.25, 0.3) is 0 Å². The Morgan fingerprint density at radius 2 is 1.83 bits per heavy atom. The van der Waals surface area contributed by atoms with Crippen LogP contribution in [0.1, 0.15) is 45.3 Å². The number of nitrogens with two attached hydrogens (primary N) is 1. The van der Waals surface area contributed by atoms with E-state index in [0.29, 0.717) is 0 Å². The van der Waals surface area contributed by atoms with Gasteiger partial charge in [-0.05, 0) is 27.9 Å². The summed E-state index contributed by atoms with van der Waals surface area (Å²) in [5, 5.41) is 3.30. The highest BCUT2D eigenvalue weighted by Gasteiger charge is 2.29. The fourth-order valence-corrected chi connectivity index (χ4v) is 2.60. The Morgan fingerprint density at radius 3 is 2.22 bits per heavy atom. The Labute approximate surface area is 115 Å². The summed E-state index contributed by atoms with van der Waals surface area (Å²) in [5.74, 6) is 0. The highest BCUT2D eigenvalue weighted by Crippen LogP contribution is 2.26. The van der Waals surface area contributed by atoms with E-state index in [-0.39, 0.29) is 17.0 Å². The number of thiazole rings is 1. The Balaban J connectivity index is 2.77. The average Bonchev–Trinajstić information content (AvgIpc) is 2.65. The molecule has 0 saturated heterocycles. The number of hydrogen-bond acceptors (Lipinski definition) is 4. The van der Waals surface area contributed by atoms with Gasteiger partial charge in [0.15, 0.2) is 0 Å². The van der Waals surface area contributed by atoms with Gasteiger partial charge in [0.2, 0.25) is 0 Å². The summed E-state index contributed by atoms with van der Waals surface area (Å²) < 4.78 is 0. The molecule has 0 radical (unpaired) electrons. The molecule has 0 aromatic carbocycles. The molecule has 0 saturated carbocycles. The fraction of sp³-hybridized carbons (Fsp3) is 0.786. The zero-order valence-electron chi connectivity index (χ0n) is 12.7. The molecule has 0 aliphatic heterocycles. The van der Waals surface area contributed by atoms with Crippen molar-refractivity contribution in [3.8, 4) is 0 Å². The van der Waals surface area contributed by atoms with Crippen molar-refractivity contribution in [2.45, 2.75) is 58.0 Å². The van der Waals surface area contributed by atoms with E-state index in [2.05, 4.69) is 59.0 Å². The molecule has 1 rings (SSSR count). The third-order valence-electron chi connectivity index (χ3n) is 3.77. The Kier molecular flexibility index (Phi) is 4.57. The second kappa shape index (κ2) is 5.27. The summed E-state index contributed by atoms with van der Waals surface area (Å²) in [6.45, 7) is 10.9. The van der Waals surface area contributed by atoms with E-state index in [1.54, 1.807) is 11.3 Å². The maximum atomic E-state index is 6.33. The van der Waals surface area contributed by atoms with Crippen LogP contribution in [-0.2, 0) is 11.8 Å². The highest BCUT2D eigenvalue weighted by atomic mass is 32.1. The zero-order chi connectivity index (χ0) is 14.1. The van der Waals surface area contributed by atoms with Crippen molar-refractivity contribution in [3.63, 3.8) is 0 Å². The molecule has 0 fully saturated rings. The summed E-state index contributed by atoms with van der Waals surface area (Å²) in [4.78, 5) is 6.89. The van der Waals surface area contributed by atoms with Gasteiger partial charge in [0, 0.05) is 28.8 Å². The summed E-state index contributed by atoms with van der Waals surface area (Å²) in [6.07, 6.45) is 0.839. The van der Waals surface area contributed by atoms with Crippen LogP contribution in [0.2, 0.25) is 0 Å². The Morgan fingerprint density at radius 1 is 1.28 bits per heavy atom. The van der Waals surface area contributed by atoms with Crippen LogP contribution in [0.15, 0.2) is 5.38 Å². The first-order valence-corrected chi connectivity index (χ1v) is 7.31. The molecule has 1 heterocycles. The van der Waals surface area contributed by atoms with Gasteiger partial charge >= 0.3 is 0 Å². The molecule has 0 aliphatic rings. The van der Waals surface area contributed by atoms with Gasteiger partial charge in [-0.1, -0.05) is 20.8 Å². The van der Waals surface area contributed by atoms with Crippen molar-refractivity contribution in [2.24, 2.45) is 5.73 Å². The zero-order valence-corrected chi connectivity index (χ0v) is 13.6. The molecule has 0 amide bonds. The smallest absolute Gasteiger partial charge is 0.0944 e. The van der Waals surface area contributed by atoms with Crippen molar-refractivity contribution in [2.75, 3.05) is 14.1 Å². The lowest BCUT2D eigenvalue weighted by molar-refractivity contribution is 0.158.